The molecule has 6 nitrogen and oxygen atoms in total. The van der Waals surface area contributed by atoms with Crippen LogP contribution in [-0.2, 0) is 13.1 Å². The van der Waals surface area contributed by atoms with Crippen molar-refractivity contribution in [1.29, 1.82) is 0 Å². The molecule has 0 saturated heterocycles. The van der Waals surface area contributed by atoms with Gasteiger partial charge in [-0.3, -0.25) is 9.88 Å². The van der Waals surface area contributed by atoms with Gasteiger partial charge in [0.1, 0.15) is 5.01 Å². The van der Waals surface area contributed by atoms with Gasteiger partial charge in [0.2, 0.25) is 4.96 Å². The molecule has 4 aromatic rings. The maximum absolute atomic E-state index is 4.65. The summed E-state index contributed by atoms with van der Waals surface area (Å²) in [5.74, 6) is 0.842. The normalized spacial score (nSPS) is 11.4. The van der Waals surface area contributed by atoms with Crippen molar-refractivity contribution in [2.75, 3.05) is 7.05 Å². The summed E-state index contributed by atoms with van der Waals surface area (Å²) < 4.78 is 1.83. The van der Waals surface area contributed by atoms with Gasteiger partial charge < -0.3 is 0 Å². The summed E-state index contributed by atoms with van der Waals surface area (Å²) in [4.78, 5) is 7.15. The second-order valence-corrected chi connectivity index (χ2v) is 6.57. The molecule has 0 bridgehead atoms. The van der Waals surface area contributed by atoms with Gasteiger partial charge in [-0.15, -0.1) is 10.2 Å². The molecule has 120 valence electrons. The Morgan fingerprint density at radius 2 is 1.92 bits per heavy atom. The molecule has 24 heavy (non-hydrogen) atoms. The van der Waals surface area contributed by atoms with Crippen LogP contribution in [0, 0.1) is 0 Å². The molecule has 0 spiro atoms. The number of aromatic nitrogens is 5. The monoisotopic (exact) mass is 336 g/mol. The van der Waals surface area contributed by atoms with Crippen molar-refractivity contribution >= 4 is 16.3 Å². The molecule has 0 unspecified atom stereocenters. The van der Waals surface area contributed by atoms with Gasteiger partial charge >= 0.3 is 0 Å². The Labute approximate surface area is 143 Å². The highest BCUT2D eigenvalue weighted by Crippen LogP contribution is 2.24. The molecule has 0 atom stereocenters. The minimum Gasteiger partial charge on any atom is -0.295 e. The van der Waals surface area contributed by atoms with Crippen LogP contribution in [0.15, 0.2) is 54.9 Å². The van der Waals surface area contributed by atoms with Crippen molar-refractivity contribution in [3.8, 4) is 10.6 Å². The van der Waals surface area contributed by atoms with E-state index in [4.69, 9.17) is 0 Å². The van der Waals surface area contributed by atoms with Crippen LogP contribution in [0.1, 0.15) is 11.4 Å². The van der Waals surface area contributed by atoms with E-state index in [9.17, 15) is 0 Å². The summed E-state index contributed by atoms with van der Waals surface area (Å²) in [6.07, 6.45) is 3.57. The van der Waals surface area contributed by atoms with E-state index in [1.807, 2.05) is 28.9 Å². The number of pyridine rings is 1. The maximum Gasteiger partial charge on any atom is 0.235 e. The number of hydrogen-bond donors (Lipinski definition) is 0. The van der Waals surface area contributed by atoms with Gasteiger partial charge in [-0.1, -0.05) is 41.7 Å². The summed E-state index contributed by atoms with van der Waals surface area (Å²) in [6, 6.07) is 14.3. The topological polar surface area (TPSA) is 59.2 Å². The average Bonchev–Trinajstić information content (AvgIpc) is 3.19. The fourth-order valence-electron chi connectivity index (χ4n) is 2.55. The Bertz CT molecular complexity index is 932. The average molecular weight is 336 g/mol. The van der Waals surface area contributed by atoms with Crippen molar-refractivity contribution < 1.29 is 0 Å². The van der Waals surface area contributed by atoms with Gasteiger partial charge in [-0.05, 0) is 24.7 Å². The van der Waals surface area contributed by atoms with Crippen molar-refractivity contribution in [1.82, 2.24) is 29.7 Å². The lowest BCUT2D eigenvalue weighted by Crippen LogP contribution is -2.19. The number of hydrogen-bond acceptors (Lipinski definition) is 6. The molecular formula is C17H16N6S. The molecule has 0 saturated carbocycles. The summed E-state index contributed by atoms with van der Waals surface area (Å²) in [6.45, 7) is 1.54. The summed E-state index contributed by atoms with van der Waals surface area (Å²) in [5, 5.41) is 14.1. The highest BCUT2D eigenvalue weighted by molar-refractivity contribution is 7.19. The lowest BCUT2D eigenvalue weighted by atomic mass is 10.2. The second kappa shape index (κ2) is 6.46. The molecule has 4 rings (SSSR count). The quantitative estimate of drug-likeness (QED) is 0.561. The fourth-order valence-corrected chi connectivity index (χ4v) is 3.40. The first-order valence-electron chi connectivity index (χ1n) is 7.63. The highest BCUT2D eigenvalue weighted by atomic mass is 32.1. The zero-order chi connectivity index (χ0) is 16.4. The predicted octanol–water partition coefficient (Wildman–Crippen LogP) is 2.88. The number of rotatable bonds is 5. The lowest BCUT2D eigenvalue weighted by molar-refractivity contribution is 0.308. The van der Waals surface area contributed by atoms with E-state index in [0.717, 1.165) is 27.9 Å². The van der Waals surface area contributed by atoms with Gasteiger partial charge in [0.25, 0.3) is 0 Å². The molecule has 0 radical (unpaired) electrons. The molecule has 0 aliphatic heterocycles. The van der Waals surface area contributed by atoms with Crippen LogP contribution >= 0.6 is 11.3 Å². The molecule has 7 heteroatoms. The van der Waals surface area contributed by atoms with Crippen molar-refractivity contribution in [2.24, 2.45) is 0 Å². The van der Waals surface area contributed by atoms with E-state index in [2.05, 4.69) is 56.5 Å². The third-order valence-electron chi connectivity index (χ3n) is 3.67. The first kappa shape index (κ1) is 14.9. The van der Waals surface area contributed by atoms with E-state index < -0.39 is 0 Å². The van der Waals surface area contributed by atoms with Crippen LogP contribution in [0.2, 0.25) is 0 Å². The Hall–Kier alpha value is -2.64. The third kappa shape index (κ3) is 3.04. The van der Waals surface area contributed by atoms with Gasteiger partial charge in [0, 0.05) is 24.5 Å². The molecule has 0 fully saturated rings. The van der Waals surface area contributed by atoms with Crippen LogP contribution in [0.4, 0.5) is 0 Å². The Balaban J connectivity index is 1.55. The smallest absolute Gasteiger partial charge is 0.235 e. The molecule has 0 amide bonds. The largest absolute Gasteiger partial charge is 0.295 e. The van der Waals surface area contributed by atoms with Crippen LogP contribution in [-0.4, -0.2) is 36.7 Å². The first-order chi connectivity index (χ1) is 11.8. The van der Waals surface area contributed by atoms with Gasteiger partial charge in [-0.25, -0.2) is 0 Å². The molecule has 3 aromatic heterocycles. The van der Waals surface area contributed by atoms with E-state index in [0.29, 0.717) is 6.54 Å². The maximum atomic E-state index is 4.65. The van der Waals surface area contributed by atoms with E-state index in [-0.39, 0.29) is 0 Å². The summed E-state index contributed by atoms with van der Waals surface area (Å²) in [5.41, 5.74) is 2.27. The highest BCUT2D eigenvalue weighted by Gasteiger charge is 2.14. The van der Waals surface area contributed by atoms with Crippen molar-refractivity contribution in [3.63, 3.8) is 0 Å². The molecule has 0 aliphatic rings. The minimum absolute atomic E-state index is 0.687. The van der Waals surface area contributed by atoms with E-state index in [1.54, 1.807) is 6.20 Å². The Kier molecular flexibility index (Phi) is 4.02. The number of nitrogens with zero attached hydrogens (tertiary/aromatic N) is 6. The SMILES string of the molecule is CN(Cc1ccccc1)Cc1nnc2sc(-c3cccnc3)nn12. The van der Waals surface area contributed by atoms with Gasteiger partial charge in [-0.2, -0.15) is 9.61 Å². The number of fused-ring (bicyclic) bond motifs is 1. The zero-order valence-electron chi connectivity index (χ0n) is 13.2. The predicted molar refractivity (Wildman–Crippen MR) is 93.5 cm³/mol. The van der Waals surface area contributed by atoms with Gasteiger partial charge in [0.15, 0.2) is 5.82 Å². The van der Waals surface area contributed by atoms with Crippen molar-refractivity contribution in [2.45, 2.75) is 13.1 Å². The van der Waals surface area contributed by atoms with E-state index in [1.165, 1.54) is 16.9 Å². The third-order valence-corrected chi connectivity index (χ3v) is 4.62. The van der Waals surface area contributed by atoms with Crippen LogP contribution in [0.5, 0.6) is 0 Å². The Morgan fingerprint density at radius 3 is 2.71 bits per heavy atom. The zero-order valence-corrected chi connectivity index (χ0v) is 14.0. The molecule has 1 aromatic carbocycles. The fraction of sp³-hybridized carbons (Fsp3) is 0.176. The van der Waals surface area contributed by atoms with Gasteiger partial charge in [0.05, 0.1) is 6.54 Å². The molecule has 3 heterocycles. The van der Waals surface area contributed by atoms with Crippen LogP contribution in [0.3, 0.4) is 0 Å². The minimum atomic E-state index is 0.687. The molecule has 0 N–H and O–H groups in total. The second-order valence-electron chi connectivity index (χ2n) is 5.62. The number of benzene rings is 1. The van der Waals surface area contributed by atoms with Crippen LogP contribution < -0.4 is 0 Å². The molecule has 0 aliphatic carbocycles. The lowest BCUT2D eigenvalue weighted by Gasteiger charge is -2.14. The Morgan fingerprint density at radius 1 is 1.04 bits per heavy atom. The van der Waals surface area contributed by atoms with Crippen molar-refractivity contribution in [3.05, 3.63) is 66.2 Å². The standard InChI is InChI=1S/C17H16N6S/c1-22(11-13-6-3-2-4-7-13)12-15-19-20-17-23(15)21-16(24-17)14-8-5-9-18-10-14/h2-10H,11-12H2,1H3. The van der Waals surface area contributed by atoms with Crippen LogP contribution in [0.25, 0.3) is 15.5 Å². The first-order valence-corrected chi connectivity index (χ1v) is 8.45. The summed E-state index contributed by atoms with van der Waals surface area (Å²) in [7, 11) is 2.07. The summed E-state index contributed by atoms with van der Waals surface area (Å²) >= 11 is 1.52. The molecular weight excluding hydrogens is 320 g/mol. The van der Waals surface area contributed by atoms with E-state index >= 15 is 0 Å².